The molecule has 0 radical (unpaired) electrons. The van der Waals surface area contributed by atoms with E-state index >= 15 is 0 Å². The van der Waals surface area contributed by atoms with Gasteiger partial charge in [-0.25, -0.2) is 0 Å². The maximum absolute atomic E-state index is 5.98. The topological polar surface area (TPSA) is 15.7 Å². The molecule has 0 unspecified atom stereocenters. The first-order chi connectivity index (χ1) is 18.6. The predicted molar refractivity (Wildman–Crippen MR) is 166 cm³/mol. The van der Waals surface area contributed by atoms with Gasteiger partial charge < -0.3 is 9.80 Å². The van der Waals surface area contributed by atoms with Crippen LogP contribution in [0.1, 0.15) is 64.6 Å². The van der Waals surface area contributed by atoms with E-state index < -0.39 is 13.5 Å². The molecule has 1 saturated carbocycles. The number of para-hydroxylation sites is 1. The summed E-state index contributed by atoms with van der Waals surface area (Å²) in [6, 6.07) is 17.1. The van der Waals surface area contributed by atoms with Gasteiger partial charge in [-0.15, -0.1) is 0 Å². The first-order valence-corrected chi connectivity index (χ1v) is 19.2. The van der Waals surface area contributed by atoms with Crippen LogP contribution in [0.15, 0.2) is 48.5 Å². The molecule has 2 aliphatic rings. The maximum atomic E-state index is 5.98. The zero-order chi connectivity index (χ0) is 28.1. The molecule has 1 heterocycles. The van der Waals surface area contributed by atoms with Gasteiger partial charge in [0, 0.05) is 24.5 Å². The zero-order valence-electron chi connectivity index (χ0n) is 24.0. The Hall–Kier alpha value is -1.87. The Morgan fingerprint density at radius 3 is 1.69 bits per heavy atom. The number of ether oxygens (including phenoxy) is 1. The number of halogens is 2. The van der Waals surface area contributed by atoms with Gasteiger partial charge >= 0.3 is 110 Å². The molecule has 3 nitrogen and oxygen atoms in total. The standard InChI is InChI=1S/C21H27N2.C12H14O.2ClH.Ru/c1-14-9-16(3)20(17(4)10-14)22-7-8-23(13-22)21-18(5)11-15(2)12-19(21)6;1-10-6-2-5-9-12(10)13-11-7-3-4-8-11;;;/h9-13H,7-8H2,1-6H3;1-2,5-6,9,11H,3-4,7-8H2;2*1H;/q-1;;;;+2/p-2. The van der Waals surface area contributed by atoms with Crippen LogP contribution in [0.3, 0.4) is 0 Å². The number of hydrogen-bond acceptors (Lipinski definition) is 3. The molecule has 3 aromatic carbocycles. The molecule has 1 aliphatic carbocycles. The fraction of sp³-hybridized carbons (Fsp3) is 0.394. The molecular weight excluding hydrogens is 612 g/mol. The third-order valence-corrected chi connectivity index (χ3v) is 9.24. The number of benzene rings is 3. The van der Waals surface area contributed by atoms with Crippen LogP contribution in [0.5, 0.6) is 5.75 Å². The Balaban J connectivity index is 0.000000193. The van der Waals surface area contributed by atoms with Crippen LogP contribution in [-0.4, -0.2) is 23.8 Å². The van der Waals surface area contributed by atoms with Crippen LogP contribution in [0, 0.1) is 48.2 Å². The summed E-state index contributed by atoms with van der Waals surface area (Å²) < 4.78 is 7.92. The quantitative estimate of drug-likeness (QED) is 0.202. The van der Waals surface area contributed by atoms with E-state index in [4.69, 9.17) is 24.1 Å². The van der Waals surface area contributed by atoms with E-state index in [1.54, 1.807) is 0 Å². The van der Waals surface area contributed by atoms with Crippen LogP contribution in [0.2, 0.25) is 0 Å². The third-order valence-electron chi connectivity index (χ3n) is 7.41. The minimum absolute atomic E-state index is 0.376. The van der Waals surface area contributed by atoms with Crippen molar-refractivity contribution in [3.63, 3.8) is 0 Å². The molecule has 5 rings (SSSR count). The van der Waals surface area contributed by atoms with Gasteiger partial charge in [-0.1, -0.05) is 35.4 Å². The molecule has 0 atom stereocenters. The second kappa shape index (κ2) is 13.7. The van der Waals surface area contributed by atoms with Gasteiger partial charge in [0.1, 0.15) is 0 Å². The first kappa shape index (κ1) is 30.1. The number of hydrogen-bond donors (Lipinski definition) is 0. The second-order valence-corrected chi connectivity index (χ2v) is 16.6. The summed E-state index contributed by atoms with van der Waals surface area (Å²) in [5.74, 6) is 0.925. The van der Waals surface area contributed by atoms with Crippen molar-refractivity contribution in [2.24, 2.45) is 0 Å². The zero-order valence-corrected chi connectivity index (χ0v) is 27.3. The Bertz CT molecular complexity index is 1220. The molecule has 0 N–H and O–H groups in total. The Labute approximate surface area is 248 Å². The number of aryl methyl sites for hydroxylation is 6. The molecule has 39 heavy (non-hydrogen) atoms. The van der Waals surface area contributed by atoms with Crippen molar-refractivity contribution in [2.45, 2.75) is 73.3 Å². The van der Waals surface area contributed by atoms with Gasteiger partial charge in [-0.05, 0) is 63.8 Å². The summed E-state index contributed by atoms with van der Waals surface area (Å²) >= 11 is -1.77. The van der Waals surface area contributed by atoms with Gasteiger partial charge in [0.15, 0.2) is 0 Å². The summed E-state index contributed by atoms with van der Waals surface area (Å²) in [6.07, 6.45) is 5.26. The molecule has 6 heteroatoms. The minimum atomic E-state index is -1.77. The molecule has 212 valence electrons. The fourth-order valence-electron chi connectivity index (χ4n) is 6.03. The van der Waals surface area contributed by atoms with Crippen molar-refractivity contribution in [2.75, 3.05) is 22.9 Å². The molecule has 2 fully saturated rings. The molecule has 0 spiro atoms. The van der Waals surface area contributed by atoms with E-state index in [1.807, 2.05) is 28.9 Å². The van der Waals surface area contributed by atoms with Crippen molar-refractivity contribution in [1.29, 1.82) is 0 Å². The van der Waals surface area contributed by atoms with Gasteiger partial charge in [0.25, 0.3) is 0 Å². The molecule has 1 saturated heterocycles. The van der Waals surface area contributed by atoms with Crippen molar-refractivity contribution in [3.05, 3.63) is 94.1 Å². The van der Waals surface area contributed by atoms with Crippen molar-refractivity contribution >= 4 is 35.4 Å². The van der Waals surface area contributed by atoms with Crippen LogP contribution >= 0.6 is 19.4 Å². The molecule has 0 bridgehead atoms. The SMILES string of the molecule is Cc1cc(C)c(N2[CH-]N(c3c(C)cc(C)cc3C)CC2)c(C)c1.[Cl][Ru]([Cl])=[CH]c1ccccc1OC1CCCC1. The second-order valence-electron chi connectivity index (χ2n) is 10.9. The summed E-state index contributed by atoms with van der Waals surface area (Å²) in [4.78, 5) is 4.81. The predicted octanol–water partition coefficient (Wildman–Crippen LogP) is 9.07. The average molecular weight is 654 g/mol. The molecule has 1 aliphatic heterocycles. The number of rotatable bonds is 5. The van der Waals surface area contributed by atoms with Crippen LogP contribution in [-0.2, 0) is 13.5 Å². The third kappa shape index (κ3) is 7.87. The van der Waals surface area contributed by atoms with Gasteiger partial charge in [0.05, 0.1) is 0 Å². The van der Waals surface area contributed by atoms with E-state index in [1.165, 1.54) is 57.6 Å². The van der Waals surface area contributed by atoms with E-state index in [0.717, 1.165) is 37.2 Å². The van der Waals surface area contributed by atoms with Crippen molar-refractivity contribution in [1.82, 2.24) is 0 Å². The average Bonchev–Trinajstić information content (AvgIpc) is 3.52. The fourth-order valence-corrected chi connectivity index (χ4v) is 7.84. The summed E-state index contributed by atoms with van der Waals surface area (Å²) in [6.45, 7) is 17.6. The van der Waals surface area contributed by atoms with E-state index in [-0.39, 0.29) is 0 Å². The Morgan fingerprint density at radius 2 is 1.23 bits per heavy atom. The molecular formula is C33H41Cl2N2ORu-. The van der Waals surface area contributed by atoms with Gasteiger partial charge in [-0.2, -0.15) is 6.67 Å². The molecule has 0 amide bonds. The van der Waals surface area contributed by atoms with E-state index in [0.29, 0.717) is 6.10 Å². The summed E-state index contributed by atoms with van der Waals surface area (Å²) in [5.41, 5.74) is 11.9. The summed E-state index contributed by atoms with van der Waals surface area (Å²) in [5, 5.41) is 0. The Kier molecular flexibility index (Phi) is 10.5. The number of nitrogens with zero attached hydrogens (tertiary/aromatic N) is 2. The first-order valence-electron chi connectivity index (χ1n) is 13.7. The normalized spacial score (nSPS) is 15.7. The number of anilines is 2. The molecule has 0 aromatic heterocycles. The van der Waals surface area contributed by atoms with Crippen molar-refractivity contribution in [3.8, 4) is 5.75 Å². The van der Waals surface area contributed by atoms with E-state index in [9.17, 15) is 0 Å². The molecule has 3 aromatic rings. The monoisotopic (exact) mass is 653 g/mol. The van der Waals surface area contributed by atoms with Crippen LogP contribution < -0.4 is 14.5 Å². The Morgan fingerprint density at radius 1 is 0.769 bits per heavy atom. The van der Waals surface area contributed by atoms with E-state index in [2.05, 4.69) is 82.3 Å². The van der Waals surface area contributed by atoms with Gasteiger partial charge in [-0.3, -0.25) is 0 Å². The van der Waals surface area contributed by atoms with Crippen molar-refractivity contribution < 1.29 is 18.3 Å². The summed E-state index contributed by atoms with van der Waals surface area (Å²) in [7, 11) is 11.8. The van der Waals surface area contributed by atoms with Crippen LogP contribution in [0.4, 0.5) is 11.4 Å². The van der Waals surface area contributed by atoms with Crippen LogP contribution in [0.25, 0.3) is 0 Å². The van der Waals surface area contributed by atoms with Gasteiger partial charge in [0.2, 0.25) is 0 Å².